The first-order valence-electron chi connectivity index (χ1n) is 8.71. The molecular formula is C21H20N4O2. The van der Waals surface area contributed by atoms with Gasteiger partial charge >= 0.3 is 0 Å². The van der Waals surface area contributed by atoms with Crippen LogP contribution in [0.15, 0.2) is 73.6 Å². The highest BCUT2D eigenvalue weighted by Gasteiger charge is 2.18. The van der Waals surface area contributed by atoms with Gasteiger partial charge in [0.15, 0.2) is 11.5 Å². The number of H-pyrrole nitrogens is 1. The minimum Gasteiger partial charge on any atom is -0.493 e. The van der Waals surface area contributed by atoms with Gasteiger partial charge in [-0.1, -0.05) is 36.4 Å². The van der Waals surface area contributed by atoms with E-state index < -0.39 is 0 Å². The minimum absolute atomic E-state index is 0.499. The molecule has 0 saturated heterocycles. The molecule has 0 aliphatic rings. The van der Waals surface area contributed by atoms with E-state index in [1.54, 1.807) is 26.0 Å². The predicted molar refractivity (Wildman–Crippen MR) is 104 cm³/mol. The Balaban J connectivity index is 1.68. The fraction of sp³-hybridized carbons (Fsp3) is 0.143. The van der Waals surface area contributed by atoms with Crippen molar-refractivity contribution in [2.24, 2.45) is 0 Å². The molecule has 0 fully saturated rings. The van der Waals surface area contributed by atoms with Crippen LogP contribution in [0.1, 0.15) is 0 Å². The number of nitrogens with one attached hydrogen (secondary N) is 1. The average Bonchev–Trinajstić information content (AvgIpc) is 3.41. The molecule has 136 valence electrons. The number of imidazole rings is 2. The zero-order valence-corrected chi connectivity index (χ0v) is 15.0. The van der Waals surface area contributed by atoms with E-state index in [1.165, 1.54) is 0 Å². The molecule has 0 amide bonds. The van der Waals surface area contributed by atoms with Gasteiger partial charge < -0.3 is 19.0 Å². The van der Waals surface area contributed by atoms with Crippen molar-refractivity contribution in [3.05, 3.63) is 73.6 Å². The van der Waals surface area contributed by atoms with Crippen LogP contribution in [0.5, 0.6) is 11.5 Å². The van der Waals surface area contributed by atoms with E-state index in [4.69, 9.17) is 9.47 Å². The first kappa shape index (κ1) is 16.9. The molecule has 6 nitrogen and oxygen atoms in total. The van der Waals surface area contributed by atoms with Crippen LogP contribution in [0, 0.1) is 0 Å². The Bertz CT molecular complexity index is 994. The Morgan fingerprint density at radius 1 is 1.07 bits per heavy atom. The van der Waals surface area contributed by atoms with Crippen molar-refractivity contribution in [2.45, 2.75) is 6.54 Å². The van der Waals surface area contributed by atoms with Crippen LogP contribution in [0.4, 0.5) is 0 Å². The number of aromatic amines is 1. The fourth-order valence-electron chi connectivity index (χ4n) is 3.01. The molecule has 6 heteroatoms. The predicted octanol–water partition coefficient (Wildman–Crippen LogP) is 4.03. The van der Waals surface area contributed by atoms with Crippen LogP contribution in [0.3, 0.4) is 0 Å². The summed E-state index contributed by atoms with van der Waals surface area (Å²) in [6.45, 7) is 1.20. The Labute approximate surface area is 157 Å². The Morgan fingerprint density at radius 2 is 1.96 bits per heavy atom. The molecule has 2 aromatic carbocycles. The number of benzene rings is 2. The number of methoxy groups -OCH3 is 1. The van der Waals surface area contributed by atoms with E-state index in [9.17, 15) is 0 Å². The Kier molecular flexibility index (Phi) is 4.87. The molecule has 0 aliphatic carbocycles. The maximum atomic E-state index is 6.13. The van der Waals surface area contributed by atoms with E-state index in [1.807, 2.05) is 59.3 Å². The fourth-order valence-corrected chi connectivity index (χ4v) is 3.01. The molecule has 0 saturated carbocycles. The maximum Gasteiger partial charge on any atom is 0.170 e. The molecule has 0 unspecified atom stereocenters. The molecule has 4 rings (SSSR count). The van der Waals surface area contributed by atoms with E-state index >= 15 is 0 Å². The average molecular weight is 360 g/mol. The number of ether oxygens (including phenoxy) is 2. The molecule has 1 N–H and O–H groups in total. The standard InChI is InChI=1S/C21H20N4O2/c1-26-18-9-5-8-17(21(18)27-13-12-25-11-10-22-15-25)20-19(23-14-24-20)16-6-3-2-4-7-16/h2-11,14-15H,12-13H2,1H3,(H,23,24). The number of hydrogen-bond donors (Lipinski definition) is 1. The topological polar surface area (TPSA) is 65.0 Å². The summed E-state index contributed by atoms with van der Waals surface area (Å²) in [5.74, 6) is 1.38. The van der Waals surface area contributed by atoms with E-state index in [0.717, 1.165) is 22.5 Å². The first-order valence-corrected chi connectivity index (χ1v) is 8.71. The van der Waals surface area contributed by atoms with Gasteiger partial charge in [-0.25, -0.2) is 9.97 Å². The Hall–Kier alpha value is -3.54. The van der Waals surface area contributed by atoms with Crippen molar-refractivity contribution in [2.75, 3.05) is 13.7 Å². The molecule has 27 heavy (non-hydrogen) atoms. The number of para-hydroxylation sites is 1. The van der Waals surface area contributed by atoms with Crippen molar-refractivity contribution in [1.82, 2.24) is 19.5 Å². The van der Waals surface area contributed by atoms with Gasteiger partial charge in [-0.3, -0.25) is 0 Å². The number of rotatable bonds is 7. The molecule has 2 heterocycles. The molecule has 0 atom stereocenters. The molecule has 2 aromatic heterocycles. The van der Waals surface area contributed by atoms with Crippen LogP contribution in [-0.4, -0.2) is 33.2 Å². The summed E-state index contributed by atoms with van der Waals surface area (Å²) in [6.07, 6.45) is 7.14. The minimum atomic E-state index is 0.499. The first-order chi connectivity index (χ1) is 13.4. The number of aromatic nitrogens is 4. The van der Waals surface area contributed by atoms with E-state index in [0.29, 0.717) is 24.7 Å². The highest BCUT2D eigenvalue weighted by molar-refractivity contribution is 5.82. The second-order valence-electron chi connectivity index (χ2n) is 5.98. The van der Waals surface area contributed by atoms with Gasteiger partial charge in [-0.05, 0) is 12.1 Å². The quantitative estimate of drug-likeness (QED) is 0.540. The zero-order chi connectivity index (χ0) is 18.5. The lowest BCUT2D eigenvalue weighted by molar-refractivity contribution is 0.281. The van der Waals surface area contributed by atoms with Gasteiger partial charge in [0.25, 0.3) is 0 Å². The van der Waals surface area contributed by atoms with E-state index in [2.05, 4.69) is 15.0 Å². The van der Waals surface area contributed by atoms with Crippen molar-refractivity contribution in [1.29, 1.82) is 0 Å². The van der Waals surface area contributed by atoms with Gasteiger partial charge in [0.1, 0.15) is 6.61 Å². The van der Waals surface area contributed by atoms with Crippen LogP contribution in [-0.2, 0) is 6.54 Å². The van der Waals surface area contributed by atoms with Gasteiger partial charge in [0, 0.05) is 23.5 Å². The highest BCUT2D eigenvalue weighted by Crippen LogP contribution is 2.40. The van der Waals surface area contributed by atoms with Crippen LogP contribution < -0.4 is 9.47 Å². The molecule has 4 aromatic rings. The van der Waals surface area contributed by atoms with Gasteiger partial charge in [0.05, 0.1) is 37.7 Å². The second kappa shape index (κ2) is 7.78. The number of hydrogen-bond acceptors (Lipinski definition) is 4. The lowest BCUT2D eigenvalue weighted by atomic mass is 10.0. The van der Waals surface area contributed by atoms with Crippen molar-refractivity contribution in [3.63, 3.8) is 0 Å². The molecule has 0 bridgehead atoms. The van der Waals surface area contributed by atoms with Crippen LogP contribution in [0.25, 0.3) is 22.5 Å². The largest absolute Gasteiger partial charge is 0.493 e. The molecule has 0 radical (unpaired) electrons. The maximum absolute atomic E-state index is 6.13. The summed E-state index contributed by atoms with van der Waals surface area (Å²) >= 11 is 0. The van der Waals surface area contributed by atoms with Crippen molar-refractivity contribution < 1.29 is 9.47 Å². The summed E-state index contributed by atoms with van der Waals surface area (Å²) in [5.41, 5.74) is 3.73. The summed E-state index contributed by atoms with van der Waals surface area (Å²) in [5, 5.41) is 0. The Morgan fingerprint density at radius 3 is 2.74 bits per heavy atom. The second-order valence-corrected chi connectivity index (χ2v) is 5.98. The van der Waals surface area contributed by atoms with Crippen molar-refractivity contribution in [3.8, 4) is 34.0 Å². The monoisotopic (exact) mass is 360 g/mol. The third-order valence-corrected chi connectivity index (χ3v) is 4.31. The highest BCUT2D eigenvalue weighted by atomic mass is 16.5. The normalized spacial score (nSPS) is 10.7. The summed E-state index contributed by atoms with van der Waals surface area (Å²) in [4.78, 5) is 11.8. The summed E-state index contributed by atoms with van der Waals surface area (Å²) in [7, 11) is 1.65. The van der Waals surface area contributed by atoms with Crippen LogP contribution >= 0.6 is 0 Å². The third kappa shape index (κ3) is 3.55. The number of nitrogens with zero attached hydrogens (tertiary/aromatic N) is 3. The van der Waals surface area contributed by atoms with Crippen molar-refractivity contribution >= 4 is 0 Å². The smallest absolute Gasteiger partial charge is 0.170 e. The lowest BCUT2D eigenvalue weighted by Gasteiger charge is -2.15. The molecular weight excluding hydrogens is 340 g/mol. The summed E-state index contributed by atoms with van der Waals surface area (Å²) < 4.78 is 13.6. The van der Waals surface area contributed by atoms with Crippen LogP contribution in [0.2, 0.25) is 0 Å². The molecule has 0 aliphatic heterocycles. The van der Waals surface area contributed by atoms with Gasteiger partial charge in [-0.2, -0.15) is 0 Å². The van der Waals surface area contributed by atoms with Gasteiger partial charge in [0.2, 0.25) is 0 Å². The van der Waals surface area contributed by atoms with Gasteiger partial charge in [-0.15, -0.1) is 0 Å². The SMILES string of the molecule is COc1cccc(-c2[nH]cnc2-c2ccccc2)c1OCCn1ccnc1. The summed E-state index contributed by atoms with van der Waals surface area (Å²) in [6, 6.07) is 15.9. The van der Waals surface area contributed by atoms with E-state index in [-0.39, 0.29) is 0 Å². The zero-order valence-electron chi connectivity index (χ0n) is 15.0. The lowest BCUT2D eigenvalue weighted by Crippen LogP contribution is -2.08. The molecule has 0 spiro atoms. The third-order valence-electron chi connectivity index (χ3n) is 4.31.